The van der Waals surface area contributed by atoms with Crippen LogP contribution in [0.3, 0.4) is 0 Å². The number of ether oxygens (including phenoxy) is 4. The van der Waals surface area contributed by atoms with Gasteiger partial charge < -0.3 is 18.9 Å². The molecule has 2 heterocycles. The first-order valence-electron chi connectivity index (χ1n) is 9.17. The zero-order valence-electron chi connectivity index (χ0n) is 15.1. The van der Waals surface area contributed by atoms with Gasteiger partial charge in [0.1, 0.15) is 12.2 Å². The van der Waals surface area contributed by atoms with E-state index in [2.05, 4.69) is 6.58 Å². The van der Waals surface area contributed by atoms with Gasteiger partial charge in [-0.25, -0.2) is 4.79 Å². The smallest absolute Gasteiger partial charge is 0.334 e. The number of epoxide rings is 1. The Balaban J connectivity index is 1.69. The minimum Gasteiger partial charge on any atom is -0.465 e. The van der Waals surface area contributed by atoms with Gasteiger partial charge in [-0.2, -0.15) is 0 Å². The van der Waals surface area contributed by atoms with Crippen LogP contribution in [0.5, 0.6) is 0 Å². The first-order chi connectivity index (χ1) is 12.3. The van der Waals surface area contributed by atoms with E-state index in [-0.39, 0.29) is 66.0 Å². The Hall–Kier alpha value is -1.89. The van der Waals surface area contributed by atoms with E-state index >= 15 is 0 Å². The number of hydrogen-bond acceptors (Lipinski definition) is 7. The van der Waals surface area contributed by atoms with Crippen LogP contribution in [0.15, 0.2) is 12.2 Å². The van der Waals surface area contributed by atoms with Crippen LogP contribution in [0.4, 0.5) is 0 Å². The molecule has 4 aliphatic rings. The normalized spacial score (nSPS) is 43.3. The van der Waals surface area contributed by atoms with Crippen LogP contribution in [0.25, 0.3) is 0 Å². The molecule has 0 radical (unpaired) electrons. The van der Waals surface area contributed by atoms with Crippen molar-refractivity contribution in [3.63, 3.8) is 0 Å². The van der Waals surface area contributed by atoms with Crippen molar-refractivity contribution in [2.75, 3.05) is 13.2 Å². The molecule has 0 aromatic rings. The monoisotopic (exact) mass is 364 g/mol. The molecule has 4 rings (SSSR count). The van der Waals surface area contributed by atoms with Crippen molar-refractivity contribution in [2.24, 2.45) is 23.7 Å². The lowest BCUT2D eigenvalue weighted by Crippen LogP contribution is -2.39. The molecule has 2 saturated heterocycles. The fourth-order valence-electron chi connectivity index (χ4n) is 5.30. The Labute approximate surface area is 152 Å². The van der Waals surface area contributed by atoms with E-state index in [1.165, 1.54) is 13.8 Å². The highest BCUT2D eigenvalue weighted by molar-refractivity contribution is 5.90. The van der Waals surface area contributed by atoms with E-state index in [1.54, 1.807) is 0 Å². The van der Waals surface area contributed by atoms with Crippen molar-refractivity contribution >= 4 is 17.9 Å². The fraction of sp³-hybridized carbons (Fsp3) is 0.737. The predicted molar refractivity (Wildman–Crippen MR) is 87.7 cm³/mol. The van der Waals surface area contributed by atoms with Crippen LogP contribution in [0, 0.1) is 23.7 Å². The Kier molecular flexibility index (Phi) is 4.10. The molecule has 0 aromatic heterocycles. The average molecular weight is 364 g/mol. The molecule has 0 N–H and O–H groups in total. The van der Waals surface area contributed by atoms with Gasteiger partial charge in [-0.05, 0) is 19.3 Å². The van der Waals surface area contributed by atoms with Crippen LogP contribution in [0.2, 0.25) is 0 Å². The van der Waals surface area contributed by atoms with Crippen LogP contribution < -0.4 is 0 Å². The van der Waals surface area contributed by atoms with Gasteiger partial charge in [0.15, 0.2) is 0 Å². The molecule has 0 amide bonds. The summed E-state index contributed by atoms with van der Waals surface area (Å²) < 4.78 is 22.4. The average Bonchev–Trinajstić information content (AvgIpc) is 3.21. The fourth-order valence-corrected chi connectivity index (χ4v) is 5.30. The lowest BCUT2D eigenvalue weighted by molar-refractivity contribution is -0.156. The van der Waals surface area contributed by atoms with Gasteiger partial charge in [0, 0.05) is 43.1 Å². The third-order valence-corrected chi connectivity index (χ3v) is 6.52. The maximum atomic E-state index is 12.1. The summed E-state index contributed by atoms with van der Waals surface area (Å²) >= 11 is 0. The molecule has 7 nitrogen and oxygen atoms in total. The summed E-state index contributed by atoms with van der Waals surface area (Å²) in [6.45, 7) is 7.46. The Bertz CT molecular complexity index is 665. The number of fused-ring (bicyclic) bond motifs is 4. The highest BCUT2D eigenvalue weighted by Crippen LogP contribution is 2.59. The second kappa shape index (κ2) is 6.08. The van der Waals surface area contributed by atoms with Crippen molar-refractivity contribution in [1.82, 2.24) is 0 Å². The lowest BCUT2D eigenvalue weighted by Gasteiger charge is -2.31. The topological polar surface area (TPSA) is 91.4 Å². The molecule has 142 valence electrons. The molecule has 7 unspecified atom stereocenters. The summed E-state index contributed by atoms with van der Waals surface area (Å²) in [5.41, 5.74) is 0.263. The summed E-state index contributed by atoms with van der Waals surface area (Å²) in [4.78, 5) is 35.1. The summed E-state index contributed by atoms with van der Waals surface area (Å²) in [5, 5.41) is 0. The van der Waals surface area contributed by atoms with Gasteiger partial charge in [-0.1, -0.05) is 6.58 Å². The first-order valence-corrected chi connectivity index (χ1v) is 9.17. The Morgan fingerprint density at radius 3 is 2.65 bits per heavy atom. The summed E-state index contributed by atoms with van der Waals surface area (Å²) in [5.74, 6) is -1.38. The standard InChI is InChI=1S/C19H24O7/c1-9-12-4-5-19(8-24-19)14-6-15(25-11(3)21)13(7-23-10(2)20)16(14)17(12)26-18(9)22/h12-17H,1,4-8H2,2-3H3. The second-order valence-corrected chi connectivity index (χ2v) is 7.93. The van der Waals surface area contributed by atoms with Gasteiger partial charge >= 0.3 is 17.9 Å². The molecule has 0 aromatic carbocycles. The first kappa shape index (κ1) is 17.5. The summed E-state index contributed by atoms with van der Waals surface area (Å²) in [7, 11) is 0. The third-order valence-electron chi connectivity index (χ3n) is 6.52. The largest absolute Gasteiger partial charge is 0.465 e. The highest BCUT2D eigenvalue weighted by Gasteiger charge is 2.66. The maximum Gasteiger partial charge on any atom is 0.334 e. The minimum absolute atomic E-state index is 0.0607. The van der Waals surface area contributed by atoms with Gasteiger partial charge in [0.05, 0.1) is 18.8 Å². The van der Waals surface area contributed by atoms with Crippen molar-refractivity contribution in [3.8, 4) is 0 Å². The van der Waals surface area contributed by atoms with Crippen LogP contribution in [0.1, 0.15) is 33.1 Å². The quantitative estimate of drug-likeness (QED) is 0.323. The van der Waals surface area contributed by atoms with Crippen molar-refractivity contribution < 1.29 is 33.3 Å². The van der Waals surface area contributed by atoms with E-state index in [4.69, 9.17) is 18.9 Å². The zero-order chi connectivity index (χ0) is 18.6. The van der Waals surface area contributed by atoms with Crippen molar-refractivity contribution in [1.29, 1.82) is 0 Å². The summed E-state index contributed by atoms with van der Waals surface area (Å²) in [6, 6.07) is 0. The van der Waals surface area contributed by atoms with Gasteiger partial charge in [-0.3, -0.25) is 9.59 Å². The van der Waals surface area contributed by atoms with Crippen molar-refractivity contribution in [2.45, 2.75) is 50.9 Å². The predicted octanol–water partition coefficient (Wildman–Crippen LogP) is 1.39. The van der Waals surface area contributed by atoms with E-state index in [0.717, 1.165) is 12.8 Å². The van der Waals surface area contributed by atoms with Crippen LogP contribution in [-0.2, 0) is 33.3 Å². The zero-order valence-corrected chi connectivity index (χ0v) is 15.1. The molecule has 7 atom stereocenters. The van der Waals surface area contributed by atoms with Crippen LogP contribution in [-0.4, -0.2) is 48.9 Å². The minimum atomic E-state index is -0.384. The molecule has 7 heteroatoms. The highest BCUT2D eigenvalue weighted by atomic mass is 16.6. The second-order valence-electron chi connectivity index (χ2n) is 7.93. The summed E-state index contributed by atoms with van der Waals surface area (Å²) in [6.07, 6.45) is 1.54. The van der Waals surface area contributed by atoms with E-state index in [0.29, 0.717) is 18.6 Å². The Morgan fingerprint density at radius 1 is 1.31 bits per heavy atom. The molecule has 26 heavy (non-hydrogen) atoms. The molecule has 2 saturated carbocycles. The number of esters is 3. The number of carbonyl (C=O) groups excluding carboxylic acids is 3. The molecule has 4 fully saturated rings. The molecular weight excluding hydrogens is 340 g/mol. The number of rotatable bonds is 3. The van der Waals surface area contributed by atoms with Crippen LogP contribution >= 0.6 is 0 Å². The number of carbonyl (C=O) groups is 3. The SMILES string of the molecule is C=C1C(=O)OC2C1CCC1(CO1)C1CC(OC(C)=O)C(COC(C)=O)C21. The van der Waals surface area contributed by atoms with Gasteiger partial charge in [-0.15, -0.1) is 0 Å². The maximum absolute atomic E-state index is 12.1. The van der Waals surface area contributed by atoms with E-state index in [1.807, 2.05) is 0 Å². The van der Waals surface area contributed by atoms with Gasteiger partial charge in [0.25, 0.3) is 0 Å². The molecule has 0 bridgehead atoms. The number of hydrogen-bond donors (Lipinski definition) is 0. The molecule has 2 aliphatic heterocycles. The van der Waals surface area contributed by atoms with Crippen molar-refractivity contribution in [3.05, 3.63) is 12.2 Å². The van der Waals surface area contributed by atoms with Gasteiger partial charge in [0.2, 0.25) is 0 Å². The lowest BCUT2D eigenvalue weighted by atomic mass is 9.77. The third kappa shape index (κ3) is 2.73. The van der Waals surface area contributed by atoms with E-state index in [9.17, 15) is 14.4 Å². The molecular formula is C19H24O7. The molecule has 2 aliphatic carbocycles. The molecule has 1 spiro atoms. The Morgan fingerprint density at radius 2 is 2.04 bits per heavy atom. The van der Waals surface area contributed by atoms with E-state index < -0.39 is 0 Å².